The van der Waals surface area contributed by atoms with E-state index in [4.69, 9.17) is 36.5 Å². The molecule has 4 aliphatic rings. The van der Waals surface area contributed by atoms with Gasteiger partial charge in [0.15, 0.2) is 17.3 Å². The molecule has 0 aliphatic heterocycles. The minimum Gasteiger partial charge on any atom is -0.428 e. The van der Waals surface area contributed by atoms with Gasteiger partial charge in [-0.15, -0.1) is 0 Å². The summed E-state index contributed by atoms with van der Waals surface area (Å²) in [4.78, 5) is 52.4. The predicted octanol–water partition coefficient (Wildman–Crippen LogP) is 4.92. The van der Waals surface area contributed by atoms with E-state index < -0.39 is 54.7 Å². The van der Waals surface area contributed by atoms with Crippen molar-refractivity contribution in [3.05, 3.63) is 47.1 Å². The molecular formula is C36H42ClFN8O6. The van der Waals surface area contributed by atoms with Gasteiger partial charge in [0.05, 0.1) is 46.0 Å². The van der Waals surface area contributed by atoms with Crippen molar-refractivity contribution in [1.82, 2.24) is 35.0 Å². The zero-order valence-electron chi connectivity index (χ0n) is 29.2. The van der Waals surface area contributed by atoms with E-state index in [0.717, 1.165) is 38.5 Å². The Labute approximate surface area is 304 Å². The van der Waals surface area contributed by atoms with Crippen LogP contribution in [0, 0.1) is 23.6 Å². The lowest BCUT2D eigenvalue weighted by Crippen LogP contribution is -2.57. The Morgan fingerprint density at radius 2 is 1.85 bits per heavy atom. The van der Waals surface area contributed by atoms with Gasteiger partial charge in [0.1, 0.15) is 11.3 Å². The Bertz CT molecular complexity index is 2020. The van der Waals surface area contributed by atoms with Gasteiger partial charge >= 0.3 is 11.9 Å². The third kappa shape index (κ3) is 6.88. The summed E-state index contributed by atoms with van der Waals surface area (Å²) in [5, 5.41) is 11.2. The van der Waals surface area contributed by atoms with Crippen molar-refractivity contribution in [2.24, 2.45) is 23.5 Å². The number of nitrogens with one attached hydrogen (secondary N) is 2. The van der Waals surface area contributed by atoms with Gasteiger partial charge in [0.2, 0.25) is 12.7 Å². The summed E-state index contributed by atoms with van der Waals surface area (Å²) < 4.78 is 34.5. The van der Waals surface area contributed by atoms with Crippen molar-refractivity contribution in [2.45, 2.75) is 96.1 Å². The second kappa shape index (κ2) is 14.9. The largest absolute Gasteiger partial charge is 0.428 e. The summed E-state index contributed by atoms with van der Waals surface area (Å²) in [5.41, 5.74) is 7.95. The second-order valence-corrected chi connectivity index (χ2v) is 14.4. The highest BCUT2D eigenvalue weighted by Crippen LogP contribution is 2.52. The molecule has 3 fully saturated rings. The molecule has 1 amide bonds. The molecule has 14 nitrogen and oxygen atoms in total. The summed E-state index contributed by atoms with van der Waals surface area (Å²) in [7, 11) is 0. The molecule has 8 rings (SSSR count). The van der Waals surface area contributed by atoms with E-state index in [1.54, 1.807) is 16.7 Å². The Balaban J connectivity index is 1.10. The van der Waals surface area contributed by atoms with Crippen LogP contribution in [0.15, 0.2) is 36.3 Å². The number of hydrogen-bond acceptors (Lipinski definition) is 11. The number of amides is 1. The molecule has 0 spiro atoms. The molecule has 4 aliphatic carbocycles. The van der Waals surface area contributed by atoms with Crippen LogP contribution in [0.3, 0.4) is 0 Å². The highest BCUT2D eigenvalue weighted by atomic mass is 35.5. The molecule has 0 aromatic carbocycles. The van der Waals surface area contributed by atoms with E-state index in [1.807, 2.05) is 13.8 Å². The topological polar surface area (TPSA) is 189 Å². The molecule has 0 saturated heterocycles. The minimum atomic E-state index is -0.685. The van der Waals surface area contributed by atoms with Crippen molar-refractivity contribution in [2.75, 3.05) is 6.79 Å². The summed E-state index contributed by atoms with van der Waals surface area (Å²) >= 11 is 6.20. The maximum absolute atomic E-state index is 15.5. The van der Waals surface area contributed by atoms with Crippen LogP contribution < -0.4 is 11.1 Å². The Morgan fingerprint density at radius 3 is 2.58 bits per heavy atom. The van der Waals surface area contributed by atoms with Gasteiger partial charge in [0.25, 0.3) is 0 Å². The maximum atomic E-state index is 15.5. The van der Waals surface area contributed by atoms with Gasteiger partial charge in [-0.1, -0.05) is 25.4 Å². The van der Waals surface area contributed by atoms with Crippen LogP contribution in [0.2, 0.25) is 5.02 Å². The lowest BCUT2D eigenvalue weighted by molar-refractivity contribution is -0.174. The second-order valence-electron chi connectivity index (χ2n) is 14.0. The van der Waals surface area contributed by atoms with E-state index in [-0.39, 0.29) is 47.1 Å². The number of carbonyl (C=O) groups excluding carboxylic acids is 3. The molecule has 2 bridgehead atoms. The average molecular weight is 737 g/mol. The predicted molar refractivity (Wildman–Crippen MR) is 188 cm³/mol. The van der Waals surface area contributed by atoms with E-state index in [1.165, 1.54) is 25.5 Å². The summed E-state index contributed by atoms with van der Waals surface area (Å²) in [6, 6.07) is 0.153. The molecule has 16 heteroatoms. The first-order valence-corrected chi connectivity index (χ1v) is 18.2. The lowest BCUT2D eigenvalue weighted by Gasteiger charge is -2.47. The number of rotatable bonds is 11. The van der Waals surface area contributed by atoms with E-state index in [9.17, 15) is 14.4 Å². The van der Waals surface area contributed by atoms with Gasteiger partial charge in [-0.2, -0.15) is 5.10 Å². The fourth-order valence-corrected chi connectivity index (χ4v) is 8.42. The molecule has 52 heavy (non-hydrogen) atoms. The molecule has 3 saturated carbocycles. The third-order valence-corrected chi connectivity index (χ3v) is 11.0. The van der Waals surface area contributed by atoms with Crippen molar-refractivity contribution in [1.29, 1.82) is 0 Å². The highest BCUT2D eigenvalue weighted by Gasteiger charge is 2.49. The van der Waals surface area contributed by atoms with Crippen LogP contribution in [0.4, 0.5) is 4.39 Å². The van der Waals surface area contributed by atoms with Gasteiger partial charge in [-0.3, -0.25) is 14.7 Å². The normalized spacial score (nSPS) is 25.8. The van der Waals surface area contributed by atoms with E-state index in [2.05, 4.69) is 25.5 Å². The SMILES string of the molecule is CCC(CC)O[C@@H]1C=C(C(=O)OCOC(=O)[C@H]2C3CCC(CC3)[C@@H]2n2cc(F)c3cnc(-c4[nH]nc5ncc(Cl)cc45)nc32)C[C@H](N)[C@H]1NC(C)=O. The zero-order chi connectivity index (χ0) is 36.7. The monoisotopic (exact) mass is 736 g/mol. The number of aromatic nitrogens is 6. The van der Waals surface area contributed by atoms with E-state index in [0.29, 0.717) is 27.4 Å². The highest BCUT2D eigenvalue weighted by molar-refractivity contribution is 6.31. The molecule has 4 aromatic heterocycles. The van der Waals surface area contributed by atoms with Crippen LogP contribution in [0.1, 0.15) is 71.8 Å². The van der Waals surface area contributed by atoms with Crippen molar-refractivity contribution < 1.29 is 33.0 Å². The molecule has 0 radical (unpaired) electrons. The lowest BCUT2D eigenvalue weighted by atomic mass is 9.61. The van der Waals surface area contributed by atoms with Crippen LogP contribution in [0.25, 0.3) is 33.6 Å². The number of aromatic amines is 1. The van der Waals surface area contributed by atoms with Gasteiger partial charge in [-0.25, -0.2) is 24.1 Å². The van der Waals surface area contributed by atoms with Crippen LogP contribution in [-0.2, 0) is 28.6 Å². The van der Waals surface area contributed by atoms with Gasteiger partial charge in [-0.05, 0) is 68.9 Å². The number of ether oxygens (including phenoxy) is 3. The average Bonchev–Trinajstić information content (AvgIpc) is 3.71. The number of H-pyrrole nitrogens is 1. The molecule has 4 heterocycles. The number of nitrogens with two attached hydrogens (primary N) is 1. The summed E-state index contributed by atoms with van der Waals surface area (Å²) in [6.07, 6.45) is 10.2. The van der Waals surface area contributed by atoms with Crippen LogP contribution in [0.5, 0.6) is 0 Å². The van der Waals surface area contributed by atoms with Gasteiger partial charge < -0.3 is 29.8 Å². The van der Waals surface area contributed by atoms with Crippen LogP contribution in [-0.4, -0.2) is 78.6 Å². The smallest absolute Gasteiger partial charge is 0.336 e. The number of nitrogens with zero attached hydrogens (tertiary/aromatic N) is 5. The molecular weight excluding hydrogens is 695 g/mol. The third-order valence-electron chi connectivity index (χ3n) is 10.8. The minimum absolute atomic E-state index is 0.00229. The first-order valence-electron chi connectivity index (χ1n) is 17.8. The number of hydrogen-bond donors (Lipinski definition) is 3. The van der Waals surface area contributed by atoms with Crippen molar-refractivity contribution in [3.8, 4) is 11.5 Å². The summed E-state index contributed by atoms with van der Waals surface area (Å²) in [6.45, 7) is 4.80. The van der Waals surface area contributed by atoms with Crippen molar-refractivity contribution >= 4 is 51.5 Å². The fourth-order valence-electron chi connectivity index (χ4n) is 8.26. The van der Waals surface area contributed by atoms with Gasteiger partial charge in [0, 0.05) is 37.1 Å². The number of fused-ring (bicyclic) bond motifs is 5. The first kappa shape index (κ1) is 35.9. The Hall–Kier alpha value is -4.47. The van der Waals surface area contributed by atoms with E-state index >= 15 is 4.39 Å². The standard InChI is InChI=1S/C36H42ClFN8O6/c1-4-22(5-2)52-27-11-20(10-26(39)30(27)42-17(3)47)35(48)50-16-51-36(49)28-18-6-8-19(9-7-18)31(28)46-15-25(38)24-14-41-33(43-34(24)46)29-23-12-21(37)13-40-32(23)45-44-29/h11-15,18-19,22,26-28,30-31H,4-10,16,39H2,1-3H3,(H,42,47)(H,40,44,45)/t18?,19?,26-,27+,28-,30+,31-/m0/s1. The molecule has 4 aromatic rings. The number of carbonyl (C=O) groups is 3. The van der Waals surface area contributed by atoms with Crippen LogP contribution >= 0.6 is 11.6 Å². The summed E-state index contributed by atoms with van der Waals surface area (Å²) in [5.74, 6) is -2.24. The number of esters is 2. The maximum Gasteiger partial charge on any atom is 0.336 e. The molecule has 0 unspecified atom stereocenters. The Kier molecular flexibility index (Phi) is 10.3. The quantitative estimate of drug-likeness (QED) is 0.140. The molecule has 276 valence electrons. The van der Waals surface area contributed by atoms with Crippen molar-refractivity contribution in [3.63, 3.8) is 0 Å². The Morgan fingerprint density at radius 1 is 1.10 bits per heavy atom. The fraction of sp³-hybridized carbons (Fsp3) is 0.528. The molecule has 4 N–H and O–H groups in total. The first-order chi connectivity index (χ1) is 25.1. The zero-order valence-corrected chi connectivity index (χ0v) is 29.9. The number of pyridine rings is 1. The molecule has 5 atom stereocenters. The number of halogens is 2.